The molecular formula is C26H25N4. The highest BCUT2D eigenvalue weighted by molar-refractivity contribution is 5.98. The van der Waals surface area contributed by atoms with Gasteiger partial charge < -0.3 is 9.80 Å². The molecule has 4 aromatic carbocycles. The molecule has 0 aromatic heterocycles. The van der Waals surface area contributed by atoms with Crippen molar-refractivity contribution in [2.45, 2.75) is 0 Å². The number of rotatable bonds is 5. The summed E-state index contributed by atoms with van der Waals surface area (Å²) in [4.78, 5) is 4.17. The van der Waals surface area contributed by atoms with Gasteiger partial charge in [0.1, 0.15) is 5.69 Å². The van der Waals surface area contributed by atoms with Crippen LogP contribution in [-0.4, -0.2) is 28.2 Å². The van der Waals surface area contributed by atoms with E-state index in [4.69, 9.17) is 5.11 Å². The number of fused-ring (bicyclic) bond motifs is 1. The van der Waals surface area contributed by atoms with E-state index < -0.39 is 0 Å². The smallest absolute Gasteiger partial charge is 0.117 e. The first kappa shape index (κ1) is 19.6. The normalized spacial score (nSPS) is 11.2. The van der Waals surface area contributed by atoms with Gasteiger partial charge in [-0.3, -0.25) is 0 Å². The molecule has 0 unspecified atom stereocenters. The summed E-state index contributed by atoms with van der Waals surface area (Å²) >= 11 is 0. The number of benzene rings is 4. The number of nitrogens with zero attached hydrogens (tertiary/aromatic N) is 4. The van der Waals surface area contributed by atoms with Crippen molar-refractivity contribution >= 4 is 33.5 Å². The van der Waals surface area contributed by atoms with Crippen LogP contribution in [0, 0.1) is 6.07 Å². The maximum Gasteiger partial charge on any atom is 0.117 e. The minimum atomic E-state index is 0.829. The highest BCUT2D eigenvalue weighted by Crippen LogP contribution is 2.43. The Morgan fingerprint density at radius 3 is 2.13 bits per heavy atom. The summed E-state index contributed by atoms with van der Waals surface area (Å²) in [6, 6.07) is 30.2. The van der Waals surface area contributed by atoms with Crippen LogP contribution in [0.5, 0.6) is 0 Å². The molecule has 4 heteroatoms. The first-order chi connectivity index (χ1) is 14.5. The van der Waals surface area contributed by atoms with Gasteiger partial charge in [0, 0.05) is 45.4 Å². The van der Waals surface area contributed by atoms with E-state index in [1.807, 2.05) is 64.6 Å². The minimum Gasteiger partial charge on any atom is -0.377 e. The Hall–Kier alpha value is -3.66. The van der Waals surface area contributed by atoms with E-state index in [1.165, 1.54) is 0 Å². The molecule has 1 radical (unpaired) electrons. The average molecular weight is 394 g/mol. The van der Waals surface area contributed by atoms with Gasteiger partial charge in [-0.05, 0) is 35.0 Å². The van der Waals surface area contributed by atoms with Crippen molar-refractivity contribution in [3.8, 4) is 11.1 Å². The van der Waals surface area contributed by atoms with E-state index in [0.717, 1.165) is 44.6 Å². The van der Waals surface area contributed by atoms with Crippen molar-refractivity contribution in [2.24, 2.45) is 10.2 Å². The van der Waals surface area contributed by atoms with E-state index in [0.29, 0.717) is 0 Å². The van der Waals surface area contributed by atoms with Crippen molar-refractivity contribution in [1.29, 1.82) is 0 Å². The van der Waals surface area contributed by atoms with Crippen LogP contribution in [0.2, 0.25) is 0 Å². The van der Waals surface area contributed by atoms with E-state index in [-0.39, 0.29) is 0 Å². The summed E-state index contributed by atoms with van der Waals surface area (Å²) < 4.78 is 0. The van der Waals surface area contributed by atoms with Crippen LogP contribution in [0.25, 0.3) is 21.9 Å². The maximum absolute atomic E-state index is 4.71. The molecule has 0 saturated heterocycles. The summed E-state index contributed by atoms with van der Waals surface area (Å²) in [7, 11) is 8.15. The van der Waals surface area contributed by atoms with E-state index in [9.17, 15) is 0 Å². The number of azo groups is 1. The molecule has 149 valence electrons. The van der Waals surface area contributed by atoms with E-state index >= 15 is 0 Å². The number of hydrogen-bond donors (Lipinski definition) is 0. The minimum absolute atomic E-state index is 0.829. The third-order valence-electron chi connectivity index (χ3n) is 5.02. The quantitative estimate of drug-likeness (QED) is 0.347. The average Bonchev–Trinajstić information content (AvgIpc) is 2.77. The summed E-state index contributed by atoms with van der Waals surface area (Å²) in [6.45, 7) is 0. The predicted molar refractivity (Wildman–Crippen MR) is 127 cm³/mol. The first-order valence-electron chi connectivity index (χ1n) is 9.94. The van der Waals surface area contributed by atoms with Gasteiger partial charge in [0.15, 0.2) is 0 Å². The fourth-order valence-electron chi connectivity index (χ4n) is 3.53. The fraction of sp³-hybridized carbons (Fsp3) is 0.154. The first-order valence-corrected chi connectivity index (χ1v) is 9.94. The zero-order valence-corrected chi connectivity index (χ0v) is 17.8. The molecule has 0 amide bonds. The van der Waals surface area contributed by atoms with Crippen LogP contribution in [-0.2, 0) is 0 Å². The van der Waals surface area contributed by atoms with Gasteiger partial charge in [-0.1, -0.05) is 54.6 Å². The molecular weight excluding hydrogens is 368 g/mol. The molecule has 0 aliphatic carbocycles. The van der Waals surface area contributed by atoms with Gasteiger partial charge in [0.2, 0.25) is 0 Å². The lowest BCUT2D eigenvalue weighted by Gasteiger charge is -2.22. The fourth-order valence-corrected chi connectivity index (χ4v) is 3.53. The Balaban J connectivity index is 1.96. The molecule has 4 nitrogen and oxygen atoms in total. The highest BCUT2D eigenvalue weighted by Gasteiger charge is 2.17. The Bertz CT molecular complexity index is 1190. The largest absolute Gasteiger partial charge is 0.377 e. The van der Waals surface area contributed by atoms with Crippen molar-refractivity contribution in [3.63, 3.8) is 0 Å². The number of hydrogen-bond acceptors (Lipinski definition) is 4. The van der Waals surface area contributed by atoms with Gasteiger partial charge in [-0.15, -0.1) is 5.11 Å². The molecule has 0 N–H and O–H groups in total. The lowest BCUT2D eigenvalue weighted by molar-refractivity contribution is 1.11. The maximum atomic E-state index is 4.71. The molecule has 0 atom stereocenters. The molecule has 4 rings (SSSR count). The topological polar surface area (TPSA) is 31.2 Å². The molecule has 0 aliphatic heterocycles. The van der Waals surface area contributed by atoms with Gasteiger partial charge in [0.25, 0.3) is 0 Å². The molecule has 4 aromatic rings. The summed E-state index contributed by atoms with van der Waals surface area (Å²) in [5.74, 6) is 0. The zero-order chi connectivity index (χ0) is 21.1. The van der Waals surface area contributed by atoms with Crippen LogP contribution in [0.4, 0.5) is 22.7 Å². The molecule has 0 bridgehead atoms. The second-order valence-electron chi connectivity index (χ2n) is 7.62. The van der Waals surface area contributed by atoms with Crippen molar-refractivity contribution in [2.75, 3.05) is 38.0 Å². The molecule has 0 saturated carbocycles. The SMILES string of the molecule is CN(C)c1[c]c2ccccc2cc1-c1cccc(N(C)C)c1N=Nc1ccccc1. The Kier molecular flexibility index (Phi) is 5.48. The van der Waals surface area contributed by atoms with Crippen LogP contribution in [0.15, 0.2) is 89.1 Å². The Labute approximate surface area is 178 Å². The third-order valence-corrected chi connectivity index (χ3v) is 5.02. The molecule has 0 heterocycles. The Morgan fingerprint density at radius 2 is 1.40 bits per heavy atom. The zero-order valence-electron chi connectivity index (χ0n) is 17.8. The number of anilines is 2. The summed E-state index contributed by atoms with van der Waals surface area (Å²) in [6.07, 6.45) is 0. The monoisotopic (exact) mass is 393 g/mol. The van der Waals surface area contributed by atoms with Crippen LogP contribution >= 0.6 is 0 Å². The van der Waals surface area contributed by atoms with Gasteiger partial charge in [0.05, 0.1) is 17.1 Å². The van der Waals surface area contributed by atoms with Gasteiger partial charge >= 0.3 is 0 Å². The molecule has 0 fully saturated rings. The lowest BCUT2D eigenvalue weighted by atomic mass is 9.96. The van der Waals surface area contributed by atoms with E-state index in [1.54, 1.807) is 0 Å². The lowest BCUT2D eigenvalue weighted by Crippen LogP contribution is -2.11. The second kappa shape index (κ2) is 8.37. The summed E-state index contributed by atoms with van der Waals surface area (Å²) in [5, 5.41) is 11.5. The predicted octanol–water partition coefficient (Wildman–Crippen LogP) is 6.85. The van der Waals surface area contributed by atoms with E-state index in [2.05, 4.69) is 63.4 Å². The van der Waals surface area contributed by atoms with Crippen molar-refractivity contribution < 1.29 is 0 Å². The van der Waals surface area contributed by atoms with Crippen LogP contribution < -0.4 is 9.80 Å². The summed E-state index contributed by atoms with van der Waals surface area (Å²) in [5.41, 5.74) is 5.84. The third kappa shape index (κ3) is 3.90. The second-order valence-corrected chi connectivity index (χ2v) is 7.62. The van der Waals surface area contributed by atoms with Gasteiger partial charge in [-0.2, -0.15) is 5.11 Å². The standard InChI is InChI=1S/C26H25N4/c1-29(2)24-16-10-15-22(26(24)28-27-21-13-6-5-7-14-21)23-17-19-11-8-9-12-20(19)18-25(23)30(3)4/h5-17H,1-4H3. The van der Waals surface area contributed by atoms with Crippen molar-refractivity contribution in [3.05, 3.63) is 84.9 Å². The van der Waals surface area contributed by atoms with Gasteiger partial charge in [-0.25, -0.2) is 0 Å². The molecule has 30 heavy (non-hydrogen) atoms. The molecule has 0 spiro atoms. The van der Waals surface area contributed by atoms with Crippen LogP contribution in [0.1, 0.15) is 0 Å². The van der Waals surface area contributed by atoms with Crippen LogP contribution in [0.3, 0.4) is 0 Å². The molecule has 0 aliphatic rings. The highest BCUT2D eigenvalue weighted by atomic mass is 15.1. The Morgan fingerprint density at radius 1 is 0.667 bits per heavy atom. The van der Waals surface area contributed by atoms with Crippen molar-refractivity contribution in [1.82, 2.24) is 0 Å².